The van der Waals surface area contributed by atoms with Crippen molar-refractivity contribution in [2.45, 2.75) is 25.6 Å². The Morgan fingerprint density at radius 1 is 0.636 bits per heavy atom. The highest BCUT2D eigenvalue weighted by Gasteiger charge is 2.21. The Bertz CT molecular complexity index is 1530. The van der Waals surface area contributed by atoms with Crippen molar-refractivity contribution in [1.82, 2.24) is 0 Å². The van der Waals surface area contributed by atoms with Gasteiger partial charge < -0.3 is 28.4 Å². The van der Waals surface area contributed by atoms with Gasteiger partial charge in [0.2, 0.25) is 0 Å². The van der Waals surface area contributed by atoms with Crippen LogP contribution < -0.4 is 18.9 Å². The molecule has 228 valence electrons. The van der Waals surface area contributed by atoms with Gasteiger partial charge >= 0.3 is 11.9 Å². The van der Waals surface area contributed by atoms with Crippen molar-refractivity contribution in [1.29, 1.82) is 0 Å². The Balaban J connectivity index is 1.52. The minimum Gasteiger partial charge on any atom is -0.490 e. The summed E-state index contributed by atoms with van der Waals surface area (Å²) in [4.78, 5) is 24.1. The fourth-order valence-corrected chi connectivity index (χ4v) is 4.35. The number of fused-ring (bicyclic) bond motifs is 1. The molecule has 0 aliphatic carbocycles. The predicted molar refractivity (Wildman–Crippen MR) is 168 cm³/mol. The number of hydrogen-bond acceptors (Lipinski definition) is 8. The van der Waals surface area contributed by atoms with Crippen LogP contribution in [0, 0.1) is 0 Å². The highest BCUT2D eigenvalue weighted by Crippen LogP contribution is 2.37. The third-order valence-corrected chi connectivity index (χ3v) is 6.51. The van der Waals surface area contributed by atoms with Gasteiger partial charge in [-0.25, -0.2) is 9.59 Å². The van der Waals surface area contributed by atoms with Crippen LogP contribution in [-0.2, 0) is 25.5 Å². The molecule has 0 fully saturated rings. The average Bonchev–Trinajstić information content (AvgIpc) is 3.07. The highest BCUT2D eigenvalue weighted by atomic mass is 16.6. The third-order valence-electron chi connectivity index (χ3n) is 6.51. The van der Waals surface area contributed by atoms with Crippen molar-refractivity contribution in [3.05, 3.63) is 122 Å². The van der Waals surface area contributed by atoms with Gasteiger partial charge in [0.15, 0.2) is 12.2 Å². The average molecular weight is 597 g/mol. The molecular formula is C36H36O8. The number of rotatable bonds is 17. The van der Waals surface area contributed by atoms with E-state index >= 15 is 0 Å². The molecule has 44 heavy (non-hydrogen) atoms. The van der Waals surface area contributed by atoms with Crippen LogP contribution in [0.5, 0.6) is 23.0 Å². The smallest absolute Gasteiger partial charge is 0.330 e. The number of esters is 2. The molecule has 0 aliphatic heterocycles. The lowest BCUT2D eigenvalue weighted by molar-refractivity contribution is -0.147. The summed E-state index contributed by atoms with van der Waals surface area (Å²) in [6.45, 7) is 9.30. The van der Waals surface area contributed by atoms with Gasteiger partial charge in [0.25, 0.3) is 0 Å². The number of carbonyl (C=O) groups is 2. The van der Waals surface area contributed by atoms with E-state index < -0.39 is 24.1 Å². The summed E-state index contributed by atoms with van der Waals surface area (Å²) in [6, 6.07) is 28.1. The first-order valence-electron chi connectivity index (χ1n) is 14.3. The zero-order chi connectivity index (χ0) is 31.1. The maximum atomic E-state index is 12.1. The predicted octanol–water partition coefficient (Wildman–Crippen LogP) is 6.51. The van der Waals surface area contributed by atoms with Crippen molar-refractivity contribution >= 4 is 22.7 Å². The Morgan fingerprint density at radius 3 is 1.59 bits per heavy atom. The fraction of sp³-hybridized carbons (Fsp3) is 0.222. The first-order chi connectivity index (χ1) is 21.5. The number of aryl methyl sites for hydroxylation is 1. The Hall–Kier alpha value is -5.24. The van der Waals surface area contributed by atoms with Crippen molar-refractivity contribution in [2.24, 2.45) is 0 Å². The standard InChI is InChI=1S/C36H36O8/c1-4-26-21-33(41-24-29(43-34(37)5-2)22-39-27-15-9-7-10-16-27)31-19-13-14-20-32(31)36(26)42-25-30(44-35(38)6-3)23-40-28-17-11-8-12-18-28/h5-21,29-30H,2-4,22-25H2,1H3. The van der Waals surface area contributed by atoms with E-state index in [1.165, 1.54) is 0 Å². The normalized spacial score (nSPS) is 11.9. The van der Waals surface area contributed by atoms with Gasteiger partial charge in [-0.15, -0.1) is 0 Å². The van der Waals surface area contributed by atoms with E-state index in [0.29, 0.717) is 29.4 Å². The molecule has 0 heterocycles. The van der Waals surface area contributed by atoms with Crippen molar-refractivity contribution in [2.75, 3.05) is 26.4 Å². The monoisotopic (exact) mass is 596 g/mol. The molecule has 8 nitrogen and oxygen atoms in total. The number of hydrogen-bond donors (Lipinski definition) is 0. The van der Waals surface area contributed by atoms with Crippen LogP contribution in [-0.4, -0.2) is 50.6 Å². The topological polar surface area (TPSA) is 89.5 Å². The molecule has 2 unspecified atom stereocenters. The van der Waals surface area contributed by atoms with Gasteiger partial charge in [-0.1, -0.05) is 80.7 Å². The van der Waals surface area contributed by atoms with Gasteiger partial charge in [0, 0.05) is 22.9 Å². The summed E-state index contributed by atoms with van der Waals surface area (Å²) >= 11 is 0. The van der Waals surface area contributed by atoms with Gasteiger partial charge in [0.05, 0.1) is 0 Å². The highest BCUT2D eigenvalue weighted by molar-refractivity contribution is 5.94. The van der Waals surface area contributed by atoms with E-state index in [9.17, 15) is 9.59 Å². The second-order valence-electron chi connectivity index (χ2n) is 9.66. The van der Waals surface area contributed by atoms with E-state index in [2.05, 4.69) is 13.2 Å². The summed E-state index contributed by atoms with van der Waals surface area (Å²) < 4.78 is 35.3. The van der Waals surface area contributed by atoms with Crippen LogP contribution in [0.4, 0.5) is 0 Å². The van der Waals surface area contributed by atoms with E-state index in [4.69, 9.17) is 28.4 Å². The number of ether oxygens (including phenoxy) is 6. The van der Waals surface area contributed by atoms with E-state index in [0.717, 1.165) is 28.5 Å². The number of benzene rings is 4. The number of para-hydroxylation sites is 2. The van der Waals surface area contributed by atoms with E-state index in [1.807, 2.05) is 97.9 Å². The van der Waals surface area contributed by atoms with Crippen LogP contribution in [0.25, 0.3) is 10.8 Å². The van der Waals surface area contributed by atoms with Gasteiger partial charge in [0.1, 0.15) is 49.4 Å². The molecule has 0 spiro atoms. The van der Waals surface area contributed by atoms with Crippen LogP contribution >= 0.6 is 0 Å². The zero-order valence-corrected chi connectivity index (χ0v) is 24.7. The first-order valence-corrected chi connectivity index (χ1v) is 14.3. The maximum Gasteiger partial charge on any atom is 0.330 e. The molecule has 2 atom stereocenters. The van der Waals surface area contributed by atoms with Gasteiger partial charge in [-0.2, -0.15) is 0 Å². The fourth-order valence-electron chi connectivity index (χ4n) is 4.35. The molecule has 0 radical (unpaired) electrons. The van der Waals surface area contributed by atoms with Crippen LogP contribution in [0.15, 0.2) is 116 Å². The molecule has 8 heteroatoms. The molecule has 0 bridgehead atoms. The molecular weight excluding hydrogens is 560 g/mol. The summed E-state index contributed by atoms with van der Waals surface area (Å²) in [5, 5.41) is 1.62. The zero-order valence-electron chi connectivity index (χ0n) is 24.7. The molecule has 0 saturated carbocycles. The largest absolute Gasteiger partial charge is 0.490 e. The Kier molecular flexibility index (Phi) is 11.8. The van der Waals surface area contributed by atoms with E-state index in [1.54, 1.807) is 0 Å². The quantitative estimate of drug-likeness (QED) is 0.101. The van der Waals surface area contributed by atoms with Gasteiger partial charge in [-0.05, 0) is 42.3 Å². The maximum absolute atomic E-state index is 12.1. The van der Waals surface area contributed by atoms with Crippen LogP contribution in [0.2, 0.25) is 0 Å². The SMILES string of the molecule is C=CC(=O)OC(COc1ccccc1)COc1cc(CC)c(OCC(COc2ccccc2)OC(=O)C=C)c2ccccc12. The summed E-state index contributed by atoms with van der Waals surface area (Å²) in [5.74, 6) is 1.42. The lowest BCUT2D eigenvalue weighted by Crippen LogP contribution is -2.31. The minimum absolute atomic E-state index is 0.0518. The van der Waals surface area contributed by atoms with Crippen molar-refractivity contribution < 1.29 is 38.0 Å². The Morgan fingerprint density at radius 2 is 1.09 bits per heavy atom. The molecule has 0 aliphatic rings. The van der Waals surface area contributed by atoms with Crippen molar-refractivity contribution in [3.8, 4) is 23.0 Å². The lowest BCUT2D eigenvalue weighted by Gasteiger charge is -2.22. The van der Waals surface area contributed by atoms with Crippen molar-refractivity contribution in [3.63, 3.8) is 0 Å². The molecule has 0 N–H and O–H groups in total. The summed E-state index contributed by atoms with van der Waals surface area (Å²) in [5.41, 5.74) is 0.886. The molecule has 0 saturated heterocycles. The third kappa shape index (κ3) is 9.13. The minimum atomic E-state index is -0.690. The summed E-state index contributed by atoms with van der Waals surface area (Å²) in [7, 11) is 0. The van der Waals surface area contributed by atoms with Crippen LogP contribution in [0.1, 0.15) is 12.5 Å². The first kappa shape index (κ1) is 31.7. The molecule has 4 aromatic rings. The molecule has 4 rings (SSSR count). The molecule has 0 aromatic heterocycles. The van der Waals surface area contributed by atoms with Gasteiger partial charge in [-0.3, -0.25) is 0 Å². The number of carbonyl (C=O) groups excluding carboxylic acids is 2. The van der Waals surface area contributed by atoms with E-state index in [-0.39, 0.29) is 26.4 Å². The Labute approximate surface area is 257 Å². The molecule has 4 aromatic carbocycles. The molecule has 0 amide bonds. The van der Waals surface area contributed by atoms with Crippen LogP contribution in [0.3, 0.4) is 0 Å². The summed E-state index contributed by atoms with van der Waals surface area (Å²) in [6.07, 6.45) is 1.48. The second kappa shape index (κ2) is 16.4. The second-order valence-corrected chi connectivity index (χ2v) is 9.66. The lowest BCUT2D eigenvalue weighted by atomic mass is 10.0.